The van der Waals surface area contributed by atoms with Gasteiger partial charge in [0, 0.05) is 58.7 Å². The smallest absolute Gasteiger partial charge is 0.225 e. The molecule has 0 radical (unpaired) electrons. The Bertz CT molecular complexity index is 1280. The van der Waals surface area contributed by atoms with E-state index in [0.29, 0.717) is 10.0 Å². The molecule has 3 heterocycles. The van der Waals surface area contributed by atoms with Crippen LogP contribution in [-0.2, 0) is 0 Å². The largest absolute Gasteiger partial charge is 0.352 e. The van der Waals surface area contributed by atoms with Crippen molar-refractivity contribution in [1.82, 2.24) is 19.9 Å². The van der Waals surface area contributed by atoms with Crippen molar-refractivity contribution in [1.29, 1.82) is 0 Å². The van der Waals surface area contributed by atoms with E-state index in [2.05, 4.69) is 19.8 Å². The molecule has 0 saturated carbocycles. The van der Waals surface area contributed by atoms with Crippen molar-refractivity contribution >= 4 is 35.0 Å². The number of aryl methyl sites for hydroxylation is 2. The highest BCUT2D eigenvalue weighted by Crippen LogP contribution is 2.32. The van der Waals surface area contributed by atoms with E-state index in [-0.39, 0.29) is 0 Å². The highest BCUT2D eigenvalue weighted by molar-refractivity contribution is 6.31. The summed E-state index contributed by atoms with van der Waals surface area (Å²) in [6, 6.07) is 17.4. The normalized spacial score (nSPS) is 13.9. The Morgan fingerprint density at radius 3 is 1.71 bits per heavy atom. The molecule has 1 fully saturated rings. The van der Waals surface area contributed by atoms with E-state index in [1.165, 1.54) is 0 Å². The van der Waals surface area contributed by atoms with Crippen molar-refractivity contribution in [3.8, 4) is 22.5 Å². The van der Waals surface area contributed by atoms with Crippen molar-refractivity contribution in [3.63, 3.8) is 0 Å². The number of nitrogens with zero attached hydrogens (tertiary/aromatic N) is 6. The Balaban J connectivity index is 1.44. The van der Waals surface area contributed by atoms with Crippen molar-refractivity contribution in [2.24, 2.45) is 0 Å². The first-order chi connectivity index (χ1) is 16.5. The van der Waals surface area contributed by atoms with Gasteiger partial charge in [0.25, 0.3) is 0 Å². The molecule has 0 unspecified atom stereocenters. The van der Waals surface area contributed by atoms with Crippen LogP contribution in [0.2, 0.25) is 10.0 Å². The summed E-state index contributed by atoms with van der Waals surface area (Å²) in [7, 11) is 0. The number of piperazine rings is 1. The number of aromatic nitrogens is 4. The zero-order valence-electron chi connectivity index (χ0n) is 19.0. The van der Waals surface area contributed by atoms with Crippen LogP contribution in [0.15, 0.2) is 60.8 Å². The first-order valence-corrected chi connectivity index (χ1v) is 11.9. The average Bonchev–Trinajstić information content (AvgIpc) is 2.84. The van der Waals surface area contributed by atoms with Gasteiger partial charge in [0.2, 0.25) is 5.95 Å². The van der Waals surface area contributed by atoms with Crippen molar-refractivity contribution in [3.05, 3.63) is 82.2 Å². The third-order valence-electron chi connectivity index (χ3n) is 5.85. The number of anilines is 2. The second kappa shape index (κ2) is 9.57. The van der Waals surface area contributed by atoms with Gasteiger partial charge in [-0.25, -0.2) is 15.0 Å². The molecule has 5 rings (SSSR count). The van der Waals surface area contributed by atoms with Crippen LogP contribution in [-0.4, -0.2) is 46.1 Å². The third-order valence-corrected chi connectivity index (χ3v) is 6.36. The molecular weight excluding hydrogens is 467 g/mol. The fraction of sp³-hybridized carbons (Fsp3) is 0.231. The van der Waals surface area contributed by atoms with Crippen LogP contribution < -0.4 is 9.80 Å². The van der Waals surface area contributed by atoms with Gasteiger partial charge in [0.1, 0.15) is 5.82 Å². The Morgan fingerprint density at radius 1 is 0.647 bits per heavy atom. The molecule has 8 heteroatoms. The number of hydrogen-bond acceptors (Lipinski definition) is 6. The van der Waals surface area contributed by atoms with E-state index in [1.807, 2.05) is 74.6 Å². The van der Waals surface area contributed by atoms with Gasteiger partial charge in [0.15, 0.2) is 0 Å². The lowest BCUT2D eigenvalue weighted by Gasteiger charge is -2.35. The van der Waals surface area contributed by atoms with E-state index in [1.54, 1.807) is 0 Å². The van der Waals surface area contributed by atoms with Crippen LogP contribution in [0, 0.1) is 13.8 Å². The van der Waals surface area contributed by atoms with Gasteiger partial charge in [-0.1, -0.05) is 47.5 Å². The molecule has 0 atom stereocenters. The third kappa shape index (κ3) is 4.83. The van der Waals surface area contributed by atoms with Crippen LogP contribution in [0.25, 0.3) is 22.5 Å². The lowest BCUT2D eigenvalue weighted by atomic mass is 10.0. The molecule has 0 amide bonds. The second-order valence-electron chi connectivity index (χ2n) is 8.36. The minimum atomic E-state index is 0.686. The summed E-state index contributed by atoms with van der Waals surface area (Å²) in [6.45, 7) is 7.27. The summed E-state index contributed by atoms with van der Waals surface area (Å²) in [4.78, 5) is 23.6. The van der Waals surface area contributed by atoms with E-state index in [0.717, 1.165) is 71.8 Å². The highest BCUT2D eigenvalue weighted by atomic mass is 35.5. The minimum absolute atomic E-state index is 0.686. The van der Waals surface area contributed by atoms with E-state index < -0.39 is 0 Å². The van der Waals surface area contributed by atoms with Gasteiger partial charge in [0.05, 0.1) is 17.6 Å². The lowest BCUT2D eigenvalue weighted by molar-refractivity contribution is 0.632. The molecule has 0 aliphatic carbocycles. The molecule has 172 valence electrons. The summed E-state index contributed by atoms with van der Waals surface area (Å²) in [5.74, 6) is 1.65. The monoisotopic (exact) mass is 490 g/mol. The van der Waals surface area contributed by atoms with Gasteiger partial charge in [-0.15, -0.1) is 0 Å². The number of halogens is 2. The second-order valence-corrected chi connectivity index (χ2v) is 9.24. The molecule has 2 aromatic carbocycles. The van der Waals surface area contributed by atoms with Crippen molar-refractivity contribution in [2.45, 2.75) is 13.8 Å². The molecular formula is C26H24Cl2N6. The standard InChI is InChI=1S/C26H24Cl2N6/c1-17-15-18(2)31-26(30-17)34-13-11-33(12-14-34)23-16-29-24(19-3-7-21(27)8-4-19)25(32-23)20-5-9-22(28)10-6-20/h3-10,15-16H,11-14H2,1-2H3. The predicted octanol–water partition coefficient (Wildman–Crippen LogP) is 5.85. The number of rotatable bonds is 4. The molecule has 1 aliphatic rings. The van der Waals surface area contributed by atoms with Crippen LogP contribution in [0.3, 0.4) is 0 Å². The van der Waals surface area contributed by atoms with Gasteiger partial charge in [-0.2, -0.15) is 0 Å². The lowest BCUT2D eigenvalue weighted by Crippen LogP contribution is -2.47. The Kier molecular flexibility index (Phi) is 6.35. The van der Waals surface area contributed by atoms with Crippen LogP contribution in [0.1, 0.15) is 11.4 Å². The molecule has 0 N–H and O–H groups in total. The topological polar surface area (TPSA) is 58.0 Å². The summed E-state index contributed by atoms with van der Waals surface area (Å²) >= 11 is 12.2. The van der Waals surface area contributed by atoms with Gasteiger partial charge in [-0.3, -0.25) is 4.98 Å². The maximum atomic E-state index is 6.14. The molecule has 1 saturated heterocycles. The first kappa shape index (κ1) is 22.6. The summed E-state index contributed by atoms with van der Waals surface area (Å²) in [5.41, 5.74) is 5.53. The number of hydrogen-bond donors (Lipinski definition) is 0. The first-order valence-electron chi connectivity index (χ1n) is 11.2. The van der Waals surface area contributed by atoms with E-state index >= 15 is 0 Å². The molecule has 0 spiro atoms. The Labute approximate surface area is 209 Å². The van der Waals surface area contributed by atoms with Crippen molar-refractivity contribution in [2.75, 3.05) is 36.0 Å². The average molecular weight is 491 g/mol. The number of benzene rings is 2. The van der Waals surface area contributed by atoms with Crippen LogP contribution in [0.5, 0.6) is 0 Å². The summed E-state index contributed by atoms with van der Waals surface area (Å²) in [5, 5.41) is 1.37. The van der Waals surface area contributed by atoms with E-state index in [4.69, 9.17) is 33.2 Å². The molecule has 1 aliphatic heterocycles. The van der Waals surface area contributed by atoms with Crippen LogP contribution >= 0.6 is 23.2 Å². The fourth-order valence-corrected chi connectivity index (χ4v) is 4.40. The van der Waals surface area contributed by atoms with Crippen LogP contribution in [0.4, 0.5) is 11.8 Å². The Morgan fingerprint density at radius 2 is 1.15 bits per heavy atom. The quantitative estimate of drug-likeness (QED) is 0.357. The van der Waals surface area contributed by atoms with Gasteiger partial charge >= 0.3 is 0 Å². The molecule has 34 heavy (non-hydrogen) atoms. The van der Waals surface area contributed by atoms with Crippen molar-refractivity contribution < 1.29 is 0 Å². The molecule has 4 aromatic rings. The highest BCUT2D eigenvalue weighted by Gasteiger charge is 2.22. The zero-order chi connectivity index (χ0) is 23.7. The minimum Gasteiger partial charge on any atom is -0.352 e. The van der Waals surface area contributed by atoms with Gasteiger partial charge < -0.3 is 9.80 Å². The maximum Gasteiger partial charge on any atom is 0.225 e. The Hall–Kier alpha value is -3.22. The zero-order valence-corrected chi connectivity index (χ0v) is 20.6. The fourth-order valence-electron chi connectivity index (χ4n) is 4.14. The summed E-state index contributed by atoms with van der Waals surface area (Å²) < 4.78 is 0. The maximum absolute atomic E-state index is 6.14. The molecule has 2 aromatic heterocycles. The SMILES string of the molecule is Cc1cc(C)nc(N2CCN(c3cnc(-c4ccc(Cl)cc4)c(-c4ccc(Cl)cc4)n3)CC2)n1. The van der Waals surface area contributed by atoms with E-state index in [9.17, 15) is 0 Å². The predicted molar refractivity (Wildman–Crippen MR) is 139 cm³/mol. The molecule has 6 nitrogen and oxygen atoms in total. The molecule has 0 bridgehead atoms. The summed E-state index contributed by atoms with van der Waals surface area (Å²) in [6.07, 6.45) is 1.85. The van der Waals surface area contributed by atoms with Gasteiger partial charge in [-0.05, 0) is 44.2 Å².